The zero-order valence-corrected chi connectivity index (χ0v) is 12.6. The van der Waals surface area contributed by atoms with Gasteiger partial charge in [-0.1, -0.05) is 12.1 Å². The first-order valence-electron chi connectivity index (χ1n) is 5.59. The van der Waals surface area contributed by atoms with E-state index < -0.39 is 30.3 Å². The van der Waals surface area contributed by atoms with E-state index in [0.717, 1.165) is 3.57 Å². The topological polar surface area (TPSA) is 86.8 Å². The van der Waals surface area contributed by atoms with Gasteiger partial charge in [0.15, 0.2) is 0 Å². The lowest BCUT2D eigenvalue weighted by atomic mass is 10.3. The van der Waals surface area contributed by atoms with Crippen LogP contribution in [0.3, 0.4) is 0 Å². The maximum Gasteiger partial charge on any atom is 0.334 e. The van der Waals surface area contributed by atoms with Crippen LogP contribution in [-0.4, -0.2) is 47.1 Å². The number of imide groups is 2. The van der Waals surface area contributed by atoms with Crippen molar-refractivity contribution in [3.63, 3.8) is 0 Å². The summed E-state index contributed by atoms with van der Waals surface area (Å²) < 4.78 is 0.825. The average molecular weight is 387 g/mol. The third kappa shape index (κ3) is 2.64. The number of hydrogen-bond acceptors (Lipinski definition) is 4. The number of halogens is 1. The zero-order valence-electron chi connectivity index (χ0n) is 10.4. The summed E-state index contributed by atoms with van der Waals surface area (Å²) >= 11 is 2.05. The Hall–Kier alpha value is -1.97. The van der Waals surface area contributed by atoms with E-state index >= 15 is 0 Å². The van der Waals surface area contributed by atoms with Gasteiger partial charge >= 0.3 is 17.8 Å². The number of urea groups is 1. The van der Waals surface area contributed by atoms with E-state index in [4.69, 9.17) is 0 Å². The molecule has 0 spiro atoms. The van der Waals surface area contributed by atoms with E-state index in [0.29, 0.717) is 15.5 Å². The normalized spacial score (nSPS) is 15.0. The molecule has 2 rings (SSSR count). The average Bonchev–Trinajstić information content (AvgIpc) is 2.59. The first kappa shape index (κ1) is 14.4. The summed E-state index contributed by atoms with van der Waals surface area (Å²) in [6.07, 6.45) is 0. The van der Waals surface area contributed by atoms with E-state index in [1.165, 1.54) is 7.05 Å². The van der Waals surface area contributed by atoms with Crippen molar-refractivity contribution in [3.05, 3.63) is 27.8 Å². The second kappa shape index (κ2) is 5.57. The van der Waals surface area contributed by atoms with E-state index in [2.05, 4.69) is 5.32 Å². The lowest BCUT2D eigenvalue weighted by molar-refractivity contribution is -0.143. The molecule has 0 bridgehead atoms. The summed E-state index contributed by atoms with van der Waals surface area (Å²) in [6, 6.07) is 6.28. The molecule has 8 heteroatoms. The fourth-order valence-corrected chi connectivity index (χ4v) is 2.17. The van der Waals surface area contributed by atoms with Crippen molar-refractivity contribution in [1.82, 2.24) is 9.80 Å². The van der Waals surface area contributed by atoms with Gasteiger partial charge in [-0.2, -0.15) is 0 Å². The Morgan fingerprint density at radius 1 is 1.20 bits per heavy atom. The maximum atomic E-state index is 11.8. The molecule has 5 amide bonds. The molecule has 7 nitrogen and oxygen atoms in total. The van der Waals surface area contributed by atoms with Crippen LogP contribution in [0.25, 0.3) is 0 Å². The number of hydrogen-bond donors (Lipinski definition) is 1. The molecule has 1 aromatic rings. The van der Waals surface area contributed by atoms with Crippen molar-refractivity contribution in [1.29, 1.82) is 0 Å². The number of rotatable bonds is 3. The lowest BCUT2D eigenvalue weighted by Crippen LogP contribution is -2.38. The number of carbonyl (C=O) groups excluding carboxylic acids is 4. The van der Waals surface area contributed by atoms with Crippen LogP contribution in [0.5, 0.6) is 0 Å². The SMILES string of the molecule is CN1C(=O)C(=O)N(CC(=O)Nc2ccccc2I)C1=O. The molecule has 0 saturated carbocycles. The fourth-order valence-electron chi connectivity index (χ4n) is 1.65. The van der Waals surface area contributed by atoms with Crippen molar-refractivity contribution >= 4 is 52.0 Å². The molecule has 1 heterocycles. The Bertz CT molecular complexity index is 616. The van der Waals surface area contributed by atoms with Gasteiger partial charge in [0.25, 0.3) is 0 Å². The van der Waals surface area contributed by atoms with Crippen LogP contribution < -0.4 is 5.32 Å². The van der Waals surface area contributed by atoms with Crippen molar-refractivity contribution in [2.24, 2.45) is 0 Å². The van der Waals surface area contributed by atoms with Crippen LogP contribution in [0.2, 0.25) is 0 Å². The van der Waals surface area contributed by atoms with Gasteiger partial charge in [0.1, 0.15) is 6.54 Å². The molecule has 1 aliphatic heterocycles. The minimum Gasteiger partial charge on any atom is -0.324 e. The molecule has 0 radical (unpaired) electrons. The summed E-state index contributed by atoms with van der Waals surface area (Å²) in [4.78, 5) is 47.6. The lowest BCUT2D eigenvalue weighted by Gasteiger charge is -2.13. The van der Waals surface area contributed by atoms with E-state index in [1.807, 2.05) is 28.7 Å². The molecule has 1 saturated heterocycles. The highest BCUT2D eigenvalue weighted by atomic mass is 127. The molecule has 0 aromatic heterocycles. The minimum absolute atomic E-state index is 0.487. The van der Waals surface area contributed by atoms with Crippen molar-refractivity contribution in [2.75, 3.05) is 18.9 Å². The second-order valence-corrected chi connectivity index (χ2v) is 5.23. The standard InChI is InChI=1S/C12H10IN3O4/c1-15-10(18)11(19)16(12(15)20)6-9(17)14-8-5-3-2-4-7(8)13/h2-5H,6H2,1H3,(H,14,17). The number of amides is 5. The minimum atomic E-state index is -0.990. The first-order valence-corrected chi connectivity index (χ1v) is 6.67. The predicted octanol–water partition coefficient (Wildman–Crippen LogP) is 0.650. The molecule has 1 N–H and O–H groups in total. The monoisotopic (exact) mass is 387 g/mol. The highest BCUT2D eigenvalue weighted by Gasteiger charge is 2.42. The number of nitrogens with one attached hydrogen (secondary N) is 1. The predicted molar refractivity (Wildman–Crippen MR) is 77.7 cm³/mol. The molecule has 1 aromatic carbocycles. The van der Waals surface area contributed by atoms with Crippen LogP contribution in [0.4, 0.5) is 10.5 Å². The highest BCUT2D eigenvalue weighted by molar-refractivity contribution is 14.1. The van der Waals surface area contributed by atoms with Gasteiger partial charge in [0, 0.05) is 10.6 Å². The van der Waals surface area contributed by atoms with Crippen LogP contribution >= 0.6 is 22.6 Å². The largest absolute Gasteiger partial charge is 0.334 e. The molecule has 0 atom stereocenters. The number of likely N-dealkylation sites (N-methyl/N-ethyl adjacent to an activating group) is 1. The summed E-state index contributed by atoms with van der Waals surface area (Å²) in [5.74, 6) is -2.47. The Labute approximate surface area is 128 Å². The zero-order chi connectivity index (χ0) is 14.9. The van der Waals surface area contributed by atoms with E-state index in [-0.39, 0.29) is 0 Å². The molecule has 20 heavy (non-hydrogen) atoms. The van der Waals surface area contributed by atoms with Crippen molar-refractivity contribution in [3.8, 4) is 0 Å². The number of anilines is 1. The summed E-state index contributed by atoms with van der Waals surface area (Å²) in [7, 11) is 1.20. The van der Waals surface area contributed by atoms with Crippen LogP contribution in [-0.2, 0) is 14.4 Å². The molecule has 0 aliphatic carbocycles. The summed E-state index contributed by atoms with van der Waals surface area (Å²) in [6.45, 7) is -0.487. The Morgan fingerprint density at radius 2 is 1.85 bits per heavy atom. The molecule has 1 fully saturated rings. The molecular weight excluding hydrogens is 377 g/mol. The molecule has 1 aliphatic rings. The van der Waals surface area contributed by atoms with Crippen molar-refractivity contribution < 1.29 is 19.2 Å². The van der Waals surface area contributed by atoms with Gasteiger partial charge in [0.05, 0.1) is 5.69 Å². The smallest absolute Gasteiger partial charge is 0.324 e. The highest BCUT2D eigenvalue weighted by Crippen LogP contribution is 2.17. The summed E-state index contributed by atoms with van der Waals surface area (Å²) in [5, 5.41) is 2.59. The van der Waals surface area contributed by atoms with Crippen molar-refractivity contribution in [2.45, 2.75) is 0 Å². The number of benzene rings is 1. The Morgan fingerprint density at radius 3 is 2.40 bits per heavy atom. The van der Waals surface area contributed by atoms with Gasteiger partial charge < -0.3 is 5.32 Å². The number of carbonyl (C=O) groups is 4. The van der Waals surface area contributed by atoms with Gasteiger partial charge in [0.2, 0.25) is 5.91 Å². The van der Waals surface area contributed by atoms with Crippen LogP contribution in [0, 0.1) is 3.57 Å². The second-order valence-electron chi connectivity index (χ2n) is 4.07. The first-order chi connectivity index (χ1) is 9.41. The van der Waals surface area contributed by atoms with E-state index in [9.17, 15) is 19.2 Å². The quantitative estimate of drug-likeness (QED) is 0.469. The summed E-state index contributed by atoms with van der Waals surface area (Å²) in [5.41, 5.74) is 0.580. The maximum absolute atomic E-state index is 11.8. The Balaban J connectivity index is 2.06. The van der Waals surface area contributed by atoms with Gasteiger partial charge in [-0.3, -0.25) is 19.3 Å². The Kier molecular flexibility index (Phi) is 4.02. The molecular formula is C12H10IN3O4. The molecule has 104 valence electrons. The van der Waals surface area contributed by atoms with E-state index in [1.54, 1.807) is 18.2 Å². The number of nitrogens with zero attached hydrogens (tertiary/aromatic N) is 2. The van der Waals surface area contributed by atoms with Gasteiger partial charge in [-0.15, -0.1) is 0 Å². The van der Waals surface area contributed by atoms with Gasteiger partial charge in [-0.25, -0.2) is 9.69 Å². The molecule has 0 unspecified atom stereocenters. The van der Waals surface area contributed by atoms with Crippen LogP contribution in [0.15, 0.2) is 24.3 Å². The number of para-hydroxylation sites is 1. The fraction of sp³-hybridized carbons (Fsp3) is 0.167. The van der Waals surface area contributed by atoms with Crippen LogP contribution in [0.1, 0.15) is 0 Å². The third-order valence-electron chi connectivity index (χ3n) is 2.70. The third-order valence-corrected chi connectivity index (χ3v) is 3.64. The van der Waals surface area contributed by atoms with Gasteiger partial charge in [-0.05, 0) is 34.7 Å².